The number of hydrogen-bond donors (Lipinski definition) is 0. The molecule has 1 aliphatic heterocycles. The minimum atomic E-state index is 0.676. The van der Waals surface area contributed by atoms with Gasteiger partial charge in [-0.1, -0.05) is 111 Å². The monoisotopic (exact) mass is 622 g/mol. The van der Waals surface area contributed by atoms with Gasteiger partial charge in [-0.15, -0.1) is 6.58 Å². The van der Waals surface area contributed by atoms with E-state index < -0.39 is 0 Å². The lowest BCUT2D eigenvalue weighted by molar-refractivity contribution is 0.131. The van der Waals surface area contributed by atoms with Crippen molar-refractivity contribution >= 4 is 11.6 Å². The Bertz CT molecular complexity index is 1090. The highest BCUT2D eigenvalue weighted by atomic mass is 35.5. The molecule has 0 spiro atoms. The first-order chi connectivity index (χ1) is 20.6. The number of allylic oxidation sites excluding steroid dienone is 10. The number of aryl methyl sites for hydroxylation is 1. The highest BCUT2D eigenvalue weighted by Gasteiger charge is 2.21. The Kier molecular flexibility index (Phi) is 24.5. The predicted octanol–water partition coefficient (Wildman–Crippen LogP) is 12.6. The van der Waals surface area contributed by atoms with Gasteiger partial charge in [0.1, 0.15) is 0 Å². The first-order valence-electron chi connectivity index (χ1n) is 16.5. The molecule has 2 aliphatic rings. The van der Waals surface area contributed by atoms with Crippen LogP contribution in [0.1, 0.15) is 107 Å². The van der Waals surface area contributed by atoms with Gasteiger partial charge in [0, 0.05) is 42.9 Å². The van der Waals surface area contributed by atoms with Gasteiger partial charge in [0.05, 0.1) is 0 Å². The summed E-state index contributed by atoms with van der Waals surface area (Å²) in [5, 5.41) is 0.856. The zero-order chi connectivity index (χ0) is 34.4. The second-order valence-corrected chi connectivity index (χ2v) is 12.7. The van der Waals surface area contributed by atoms with Crippen LogP contribution in [-0.4, -0.2) is 42.0 Å². The minimum Gasteiger partial charge on any atom is -0.369 e. The van der Waals surface area contributed by atoms with Crippen LogP contribution in [0.3, 0.4) is 0 Å². The van der Waals surface area contributed by atoms with Gasteiger partial charge in [-0.25, -0.2) is 0 Å². The van der Waals surface area contributed by atoms with E-state index in [9.17, 15) is 0 Å². The molecule has 1 aromatic carbocycles. The number of nitrogens with zero attached hydrogens (tertiary/aromatic N) is 2. The highest BCUT2D eigenvalue weighted by molar-refractivity contribution is 6.31. The second-order valence-electron chi connectivity index (χ2n) is 12.3. The zero-order valence-corrected chi connectivity index (χ0v) is 31.7. The van der Waals surface area contributed by atoms with Gasteiger partial charge in [0.15, 0.2) is 0 Å². The Morgan fingerprint density at radius 1 is 0.886 bits per heavy atom. The van der Waals surface area contributed by atoms with E-state index in [0.717, 1.165) is 29.0 Å². The Labute approximate surface area is 279 Å². The lowest BCUT2D eigenvalue weighted by atomic mass is 10.0. The Hall–Kier alpha value is -2.55. The normalized spacial score (nSPS) is 14.2. The largest absolute Gasteiger partial charge is 0.369 e. The predicted molar refractivity (Wildman–Crippen MR) is 204 cm³/mol. The Balaban J connectivity index is 0. The molecular weight excluding hydrogens is 556 g/mol. The smallest absolute Gasteiger partial charge is 0.0437 e. The van der Waals surface area contributed by atoms with E-state index in [1.807, 2.05) is 59.8 Å². The number of piperazine rings is 1. The summed E-state index contributed by atoms with van der Waals surface area (Å²) in [6, 6.07) is 6.60. The number of hydrogen-bond acceptors (Lipinski definition) is 2. The van der Waals surface area contributed by atoms with Crippen LogP contribution in [0.25, 0.3) is 0 Å². The molecule has 0 N–H and O–H groups in total. The van der Waals surface area contributed by atoms with Gasteiger partial charge < -0.3 is 4.90 Å². The van der Waals surface area contributed by atoms with E-state index in [1.54, 1.807) is 0 Å². The number of halogens is 1. The van der Waals surface area contributed by atoms with Crippen LogP contribution >= 0.6 is 11.6 Å². The SMILES string of the molecule is C=C(C)C.C=C(C)C(=CC)C(=C)C.CCC.CCC1=CC(C)=CCC=C1N1CCN(C(C)C)CC1.Cc1cccc(Cl)c1C. The summed E-state index contributed by atoms with van der Waals surface area (Å²) >= 11 is 5.81. The first-order valence-corrected chi connectivity index (χ1v) is 16.8. The van der Waals surface area contributed by atoms with Crippen molar-refractivity contribution in [2.24, 2.45) is 0 Å². The lowest BCUT2D eigenvalue weighted by Gasteiger charge is -2.39. The molecule has 1 saturated heterocycles. The standard InChI is InChI=1S/C17H28N2.C9H14.C8H9Cl.C4H8.C3H8/c1-5-16-13-15(4)7-6-8-17(16)19-11-9-18(10-12-19)14(2)3;1-6-9(7(2)3)8(4)5;1-6-4-3-5-8(9)7(6)2;1-4(2)3;1-3-2/h7-8,13-14H,5-6,9-12H2,1-4H3;6H,2,4H2,1,3,5H3;3-5H,1-2H3;1H2,2-3H3;3H2,1-2H3. The van der Waals surface area contributed by atoms with E-state index >= 15 is 0 Å². The first kappa shape index (κ1) is 43.6. The summed E-state index contributed by atoms with van der Waals surface area (Å²) in [6.45, 7) is 43.2. The van der Waals surface area contributed by atoms with Crippen LogP contribution < -0.4 is 0 Å². The van der Waals surface area contributed by atoms with E-state index in [4.69, 9.17) is 11.6 Å². The fourth-order valence-electron chi connectivity index (χ4n) is 4.56. The molecule has 0 amide bonds. The van der Waals surface area contributed by atoms with Gasteiger partial charge in [-0.2, -0.15) is 0 Å². The maximum atomic E-state index is 5.81. The fourth-order valence-corrected chi connectivity index (χ4v) is 4.78. The third-order valence-electron chi connectivity index (χ3n) is 6.99. The zero-order valence-electron chi connectivity index (χ0n) is 31.0. The van der Waals surface area contributed by atoms with Crippen LogP contribution in [0, 0.1) is 13.8 Å². The molecule has 1 heterocycles. The molecule has 0 saturated carbocycles. The summed E-state index contributed by atoms with van der Waals surface area (Å²) in [5.74, 6) is 0. The third kappa shape index (κ3) is 19.0. The van der Waals surface area contributed by atoms with Crippen molar-refractivity contribution in [2.75, 3.05) is 26.2 Å². The van der Waals surface area contributed by atoms with Crippen molar-refractivity contribution in [1.82, 2.24) is 9.80 Å². The maximum absolute atomic E-state index is 5.81. The van der Waals surface area contributed by atoms with Gasteiger partial charge in [-0.3, -0.25) is 4.90 Å². The third-order valence-corrected chi connectivity index (χ3v) is 7.40. The van der Waals surface area contributed by atoms with Crippen LogP contribution in [0.2, 0.25) is 5.02 Å². The molecule has 1 fully saturated rings. The Morgan fingerprint density at radius 2 is 1.39 bits per heavy atom. The molecule has 1 aromatic rings. The second kappa shape index (κ2) is 24.7. The summed E-state index contributed by atoms with van der Waals surface area (Å²) in [4.78, 5) is 5.16. The summed E-state index contributed by atoms with van der Waals surface area (Å²) in [5.41, 5.74) is 11.3. The lowest BCUT2D eigenvalue weighted by Crippen LogP contribution is -2.48. The van der Waals surface area contributed by atoms with Crippen molar-refractivity contribution in [3.8, 4) is 0 Å². The van der Waals surface area contributed by atoms with Crippen molar-refractivity contribution in [1.29, 1.82) is 0 Å². The summed E-state index contributed by atoms with van der Waals surface area (Å²) in [6.07, 6.45) is 12.6. The number of benzene rings is 1. The van der Waals surface area contributed by atoms with Gasteiger partial charge >= 0.3 is 0 Å². The van der Waals surface area contributed by atoms with E-state index in [0.29, 0.717) is 6.04 Å². The molecule has 1 aliphatic carbocycles. The molecule has 0 unspecified atom stereocenters. The highest BCUT2D eigenvalue weighted by Crippen LogP contribution is 2.25. The molecule has 0 radical (unpaired) electrons. The van der Waals surface area contributed by atoms with Crippen molar-refractivity contribution in [3.63, 3.8) is 0 Å². The van der Waals surface area contributed by atoms with Crippen molar-refractivity contribution in [2.45, 2.75) is 115 Å². The summed E-state index contributed by atoms with van der Waals surface area (Å²) in [7, 11) is 0. The van der Waals surface area contributed by atoms with E-state index in [2.05, 4.69) is 102 Å². The quantitative estimate of drug-likeness (QED) is 0.238. The molecule has 0 bridgehead atoms. The molecule has 3 rings (SSSR count). The van der Waals surface area contributed by atoms with Gasteiger partial charge in [0.25, 0.3) is 0 Å². The van der Waals surface area contributed by atoms with E-state index in [1.165, 1.54) is 71.7 Å². The molecular formula is C41H67ClN2. The molecule has 248 valence electrons. The molecule has 3 heteroatoms. The average Bonchev–Trinajstić information content (AvgIpc) is 3.13. The minimum absolute atomic E-state index is 0.676. The molecule has 2 nitrogen and oxygen atoms in total. The van der Waals surface area contributed by atoms with E-state index in [-0.39, 0.29) is 0 Å². The average molecular weight is 623 g/mol. The van der Waals surface area contributed by atoms with Crippen LogP contribution in [-0.2, 0) is 0 Å². The van der Waals surface area contributed by atoms with Crippen LogP contribution in [0.5, 0.6) is 0 Å². The van der Waals surface area contributed by atoms with Gasteiger partial charge in [0.2, 0.25) is 0 Å². The van der Waals surface area contributed by atoms with Gasteiger partial charge in [-0.05, 0) is 110 Å². The molecule has 0 aromatic heterocycles. The maximum Gasteiger partial charge on any atom is 0.0437 e. The summed E-state index contributed by atoms with van der Waals surface area (Å²) < 4.78 is 0. The van der Waals surface area contributed by atoms with Crippen LogP contribution in [0.15, 0.2) is 101 Å². The number of rotatable bonds is 5. The Morgan fingerprint density at radius 3 is 1.73 bits per heavy atom. The van der Waals surface area contributed by atoms with Crippen LogP contribution in [0.4, 0.5) is 0 Å². The van der Waals surface area contributed by atoms with Crippen molar-refractivity contribution < 1.29 is 0 Å². The molecule has 0 atom stereocenters. The topological polar surface area (TPSA) is 6.48 Å². The fraction of sp³-hybridized carbons (Fsp3) is 0.512. The molecule has 44 heavy (non-hydrogen) atoms. The van der Waals surface area contributed by atoms with Crippen molar-refractivity contribution in [3.05, 3.63) is 118 Å².